The molecule has 1 amide bonds. The summed E-state index contributed by atoms with van der Waals surface area (Å²) in [5.74, 6) is 2.28. The van der Waals surface area contributed by atoms with Gasteiger partial charge in [0.1, 0.15) is 11.5 Å². The van der Waals surface area contributed by atoms with Gasteiger partial charge in [0.05, 0.1) is 18.6 Å². The van der Waals surface area contributed by atoms with Gasteiger partial charge < -0.3 is 14.5 Å². The minimum atomic E-state index is -0.299. The molecule has 2 heterocycles. The highest BCUT2D eigenvalue weighted by atomic mass is 32.2. The topological polar surface area (TPSA) is 82.2 Å². The predicted octanol–water partition coefficient (Wildman–Crippen LogP) is 3.91. The molecule has 8 heteroatoms. The van der Waals surface area contributed by atoms with Crippen molar-refractivity contribution in [2.45, 2.75) is 38.2 Å². The van der Waals surface area contributed by atoms with Crippen LogP contribution in [0, 0.1) is 6.92 Å². The third-order valence-corrected chi connectivity index (χ3v) is 5.09. The summed E-state index contributed by atoms with van der Waals surface area (Å²) in [6, 6.07) is 11.5. The van der Waals surface area contributed by atoms with Crippen molar-refractivity contribution in [1.82, 2.24) is 20.1 Å². The van der Waals surface area contributed by atoms with Crippen LogP contribution in [0.15, 0.2) is 64.9 Å². The lowest BCUT2D eigenvalue weighted by molar-refractivity contribution is -0.118. The fraction of sp³-hybridized carbons (Fsp3) is 0.286. The Morgan fingerprint density at radius 1 is 1.34 bits per heavy atom. The number of nitrogens with zero attached hydrogens (tertiary/aromatic N) is 3. The van der Waals surface area contributed by atoms with E-state index in [1.54, 1.807) is 18.4 Å². The SMILES string of the molecule is C=CCn1c(SCC(=O)NCc2ccco2)nnc1C(C)Oc1ccc(C)cc1. The summed E-state index contributed by atoms with van der Waals surface area (Å²) in [6.45, 7) is 8.65. The molecule has 3 aromatic rings. The number of hydrogen-bond donors (Lipinski definition) is 1. The van der Waals surface area contributed by atoms with Gasteiger partial charge in [0.25, 0.3) is 0 Å². The van der Waals surface area contributed by atoms with Crippen molar-refractivity contribution < 1.29 is 13.9 Å². The maximum Gasteiger partial charge on any atom is 0.230 e. The average molecular weight is 413 g/mol. The zero-order valence-corrected chi connectivity index (χ0v) is 17.3. The number of amides is 1. The first-order valence-electron chi connectivity index (χ1n) is 9.26. The zero-order chi connectivity index (χ0) is 20.6. The number of carbonyl (C=O) groups is 1. The van der Waals surface area contributed by atoms with E-state index in [1.807, 2.05) is 48.7 Å². The molecule has 1 aromatic carbocycles. The number of aromatic nitrogens is 3. The van der Waals surface area contributed by atoms with Crippen molar-refractivity contribution in [2.24, 2.45) is 0 Å². The number of benzene rings is 1. The Labute approximate surface area is 174 Å². The molecule has 1 unspecified atom stereocenters. The standard InChI is InChI=1S/C21H24N4O3S/c1-4-11-25-20(16(3)28-17-9-7-15(2)8-10-17)23-24-21(25)29-14-19(26)22-13-18-6-5-12-27-18/h4-10,12,16H,1,11,13-14H2,2-3H3,(H,22,26). The van der Waals surface area contributed by atoms with Gasteiger partial charge in [-0.1, -0.05) is 35.5 Å². The second-order valence-electron chi connectivity index (χ2n) is 6.46. The summed E-state index contributed by atoms with van der Waals surface area (Å²) in [5, 5.41) is 12.0. The van der Waals surface area contributed by atoms with E-state index < -0.39 is 0 Å². The number of nitrogens with one attached hydrogen (secondary N) is 1. The van der Waals surface area contributed by atoms with E-state index in [0.717, 1.165) is 5.75 Å². The van der Waals surface area contributed by atoms with Gasteiger partial charge in [-0.3, -0.25) is 9.36 Å². The zero-order valence-electron chi connectivity index (χ0n) is 16.5. The molecule has 0 saturated heterocycles. The second-order valence-corrected chi connectivity index (χ2v) is 7.40. The molecular weight excluding hydrogens is 388 g/mol. The highest BCUT2D eigenvalue weighted by Gasteiger charge is 2.19. The summed E-state index contributed by atoms with van der Waals surface area (Å²) in [4.78, 5) is 12.1. The lowest BCUT2D eigenvalue weighted by Gasteiger charge is -2.15. The Hall–Kier alpha value is -3.00. The van der Waals surface area contributed by atoms with Crippen molar-refractivity contribution in [3.05, 3.63) is 72.5 Å². The molecule has 0 aliphatic carbocycles. The van der Waals surface area contributed by atoms with Crippen LogP contribution >= 0.6 is 11.8 Å². The van der Waals surface area contributed by atoms with Crippen molar-refractivity contribution in [3.8, 4) is 5.75 Å². The molecule has 3 rings (SSSR count). The van der Waals surface area contributed by atoms with Crippen molar-refractivity contribution in [3.63, 3.8) is 0 Å². The minimum absolute atomic E-state index is 0.106. The number of rotatable bonds is 10. The van der Waals surface area contributed by atoms with E-state index in [-0.39, 0.29) is 17.8 Å². The third-order valence-electron chi connectivity index (χ3n) is 4.13. The fourth-order valence-corrected chi connectivity index (χ4v) is 3.45. The van der Waals surface area contributed by atoms with Crippen LogP contribution in [-0.4, -0.2) is 26.4 Å². The normalized spacial score (nSPS) is 11.8. The number of thioether (sulfide) groups is 1. The van der Waals surface area contributed by atoms with Crippen LogP contribution in [0.5, 0.6) is 5.75 Å². The number of carbonyl (C=O) groups excluding carboxylic acids is 1. The first kappa shape index (κ1) is 20.7. The molecule has 1 N–H and O–H groups in total. The van der Waals surface area contributed by atoms with Gasteiger partial charge in [0.2, 0.25) is 5.91 Å². The molecule has 0 aliphatic rings. The first-order valence-corrected chi connectivity index (χ1v) is 10.2. The van der Waals surface area contributed by atoms with E-state index in [4.69, 9.17) is 9.15 Å². The van der Waals surface area contributed by atoms with Gasteiger partial charge in [-0.25, -0.2) is 0 Å². The van der Waals surface area contributed by atoms with Crippen molar-refractivity contribution >= 4 is 17.7 Å². The monoisotopic (exact) mass is 412 g/mol. The Balaban J connectivity index is 1.61. The van der Waals surface area contributed by atoms with Gasteiger partial charge in [-0.15, -0.1) is 16.8 Å². The molecule has 152 valence electrons. The summed E-state index contributed by atoms with van der Waals surface area (Å²) in [6.07, 6.45) is 3.05. The van der Waals surface area contributed by atoms with Crippen LogP contribution in [0.25, 0.3) is 0 Å². The van der Waals surface area contributed by atoms with Crippen LogP contribution < -0.4 is 10.1 Å². The Bertz CT molecular complexity index is 936. The maximum atomic E-state index is 12.1. The lowest BCUT2D eigenvalue weighted by Crippen LogP contribution is -2.24. The smallest absolute Gasteiger partial charge is 0.230 e. The van der Waals surface area contributed by atoms with Crippen LogP contribution in [0.1, 0.15) is 30.2 Å². The Morgan fingerprint density at radius 2 is 2.14 bits per heavy atom. The largest absolute Gasteiger partial charge is 0.483 e. The molecule has 0 radical (unpaired) electrons. The number of aryl methyl sites for hydroxylation is 1. The molecule has 0 saturated carbocycles. The predicted molar refractivity (Wildman–Crippen MR) is 112 cm³/mol. The summed E-state index contributed by atoms with van der Waals surface area (Å²) >= 11 is 1.32. The summed E-state index contributed by atoms with van der Waals surface area (Å²) in [5.41, 5.74) is 1.17. The van der Waals surface area contributed by atoms with E-state index in [9.17, 15) is 4.79 Å². The van der Waals surface area contributed by atoms with Crippen molar-refractivity contribution in [2.75, 3.05) is 5.75 Å². The molecule has 29 heavy (non-hydrogen) atoms. The number of ether oxygens (including phenoxy) is 1. The maximum absolute atomic E-state index is 12.1. The number of hydrogen-bond acceptors (Lipinski definition) is 6. The first-order chi connectivity index (χ1) is 14.1. The number of furan rings is 1. The van der Waals surface area contributed by atoms with Gasteiger partial charge in [0, 0.05) is 6.54 Å². The van der Waals surface area contributed by atoms with Gasteiger partial charge >= 0.3 is 0 Å². The van der Waals surface area contributed by atoms with Crippen LogP contribution in [0.2, 0.25) is 0 Å². The van der Waals surface area contributed by atoms with Gasteiger partial charge in [0.15, 0.2) is 17.1 Å². The van der Waals surface area contributed by atoms with Gasteiger partial charge in [-0.2, -0.15) is 0 Å². The summed E-state index contributed by atoms with van der Waals surface area (Å²) in [7, 11) is 0. The Morgan fingerprint density at radius 3 is 2.83 bits per heavy atom. The van der Waals surface area contributed by atoms with Gasteiger partial charge in [-0.05, 0) is 38.1 Å². The average Bonchev–Trinajstić information content (AvgIpc) is 3.37. The fourth-order valence-electron chi connectivity index (χ4n) is 2.66. The van der Waals surface area contributed by atoms with Crippen molar-refractivity contribution in [1.29, 1.82) is 0 Å². The highest BCUT2D eigenvalue weighted by Crippen LogP contribution is 2.25. The second kappa shape index (κ2) is 9.97. The van der Waals surface area contributed by atoms with Crippen LogP contribution in [0.3, 0.4) is 0 Å². The van der Waals surface area contributed by atoms with E-state index in [1.165, 1.54) is 17.3 Å². The lowest BCUT2D eigenvalue weighted by atomic mass is 10.2. The molecule has 2 aromatic heterocycles. The number of allylic oxidation sites excluding steroid dienone is 1. The highest BCUT2D eigenvalue weighted by molar-refractivity contribution is 7.99. The van der Waals surface area contributed by atoms with Crippen LogP contribution in [-0.2, 0) is 17.9 Å². The molecule has 7 nitrogen and oxygen atoms in total. The quantitative estimate of drug-likeness (QED) is 0.402. The third kappa shape index (κ3) is 5.74. The van der Waals surface area contributed by atoms with E-state index >= 15 is 0 Å². The van der Waals surface area contributed by atoms with E-state index in [0.29, 0.717) is 29.8 Å². The molecule has 0 bridgehead atoms. The van der Waals surface area contributed by atoms with Crippen LogP contribution in [0.4, 0.5) is 0 Å². The molecule has 1 atom stereocenters. The van der Waals surface area contributed by atoms with E-state index in [2.05, 4.69) is 22.1 Å². The Kier molecular flexibility index (Phi) is 7.13. The molecule has 0 aliphatic heterocycles. The molecular formula is C21H24N4O3S. The molecule has 0 fully saturated rings. The molecule has 0 spiro atoms. The summed E-state index contributed by atoms with van der Waals surface area (Å²) < 4.78 is 13.1. The minimum Gasteiger partial charge on any atom is -0.483 e.